The number of rotatable bonds is 7. The van der Waals surface area contributed by atoms with Gasteiger partial charge in [0.2, 0.25) is 0 Å². The van der Waals surface area contributed by atoms with Gasteiger partial charge in [-0.15, -0.1) is 0 Å². The smallest absolute Gasteiger partial charge is 0.387 e. The van der Waals surface area contributed by atoms with Gasteiger partial charge >= 0.3 is 6.61 Å². The number of halogens is 2. The van der Waals surface area contributed by atoms with E-state index in [1.54, 1.807) is 12.1 Å². The zero-order chi connectivity index (χ0) is 19.2. The lowest BCUT2D eigenvalue weighted by Crippen LogP contribution is -3.08. The van der Waals surface area contributed by atoms with Crippen LogP contribution in [0.5, 0.6) is 5.75 Å². The highest BCUT2D eigenvalue weighted by atomic mass is 19.3. The van der Waals surface area contributed by atoms with Crippen LogP contribution in [0.2, 0.25) is 0 Å². The van der Waals surface area contributed by atoms with E-state index in [0.717, 1.165) is 26.9 Å². The van der Waals surface area contributed by atoms with Crippen molar-refractivity contribution >= 4 is 22.4 Å². The number of likely N-dealkylation sites (N-methyl/N-ethyl adjacent to an activating group) is 1. The number of carbonyl (C=O) groups excluding carboxylic acids is 1. The average molecular weight is 371 g/mol. The van der Waals surface area contributed by atoms with Crippen LogP contribution in [-0.2, 0) is 11.3 Å². The number of ether oxygens (including phenoxy) is 1. The largest absolute Gasteiger partial charge is 0.435 e. The lowest BCUT2D eigenvalue weighted by Gasteiger charge is -2.15. The van der Waals surface area contributed by atoms with Crippen molar-refractivity contribution < 1.29 is 23.2 Å². The van der Waals surface area contributed by atoms with Crippen molar-refractivity contribution in [3.63, 3.8) is 0 Å². The minimum absolute atomic E-state index is 0.0819. The number of amides is 1. The molecule has 0 bridgehead atoms. The SMILES string of the molecule is C[NH+](CC(=O)Nc1cccc2ccccc12)Cc1ccc(OC(F)F)cc1. The molecule has 0 heterocycles. The predicted octanol–water partition coefficient (Wildman–Crippen LogP) is 3.09. The quantitative estimate of drug-likeness (QED) is 0.670. The first-order chi connectivity index (χ1) is 13.0. The van der Waals surface area contributed by atoms with Crippen LogP contribution in [0, 0.1) is 0 Å². The molecule has 3 rings (SSSR count). The number of hydrogen-bond donors (Lipinski definition) is 2. The Labute approximate surface area is 156 Å². The van der Waals surface area contributed by atoms with Crippen LogP contribution in [0.1, 0.15) is 5.56 Å². The van der Waals surface area contributed by atoms with E-state index in [1.807, 2.05) is 49.5 Å². The molecule has 0 aliphatic heterocycles. The number of carbonyl (C=O) groups is 1. The number of fused-ring (bicyclic) bond motifs is 1. The number of nitrogens with one attached hydrogen (secondary N) is 2. The Bertz CT molecular complexity index is 908. The Morgan fingerprint density at radius 1 is 1.04 bits per heavy atom. The molecule has 0 spiro atoms. The van der Waals surface area contributed by atoms with Crippen LogP contribution in [0.4, 0.5) is 14.5 Å². The third kappa shape index (κ3) is 5.24. The fourth-order valence-corrected chi connectivity index (χ4v) is 3.00. The van der Waals surface area contributed by atoms with Crippen molar-refractivity contribution in [2.45, 2.75) is 13.2 Å². The molecule has 4 nitrogen and oxygen atoms in total. The van der Waals surface area contributed by atoms with Gasteiger partial charge in [-0.2, -0.15) is 8.78 Å². The minimum atomic E-state index is -2.83. The minimum Gasteiger partial charge on any atom is -0.435 e. The zero-order valence-corrected chi connectivity index (χ0v) is 14.9. The number of anilines is 1. The Hall–Kier alpha value is -2.99. The highest BCUT2D eigenvalue weighted by Crippen LogP contribution is 2.22. The predicted molar refractivity (Wildman–Crippen MR) is 101 cm³/mol. The topological polar surface area (TPSA) is 42.8 Å². The molecule has 0 saturated carbocycles. The highest BCUT2D eigenvalue weighted by Gasteiger charge is 2.12. The molecule has 0 radical (unpaired) electrons. The van der Waals surface area contributed by atoms with Crippen LogP contribution in [0.25, 0.3) is 10.8 Å². The van der Waals surface area contributed by atoms with E-state index in [4.69, 9.17) is 0 Å². The van der Waals surface area contributed by atoms with Gasteiger partial charge in [0.05, 0.1) is 7.05 Å². The molecule has 140 valence electrons. The maximum atomic E-state index is 12.4. The zero-order valence-electron chi connectivity index (χ0n) is 14.9. The van der Waals surface area contributed by atoms with E-state index < -0.39 is 6.61 Å². The van der Waals surface area contributed by atoms with Crippen molar-refractivity contribution in [3.05, 3.63) is 72.3 Å². The Morgan fingerprint density at radius 3 is 2.48 bits per heavy atom. The molecule has 0 saturated heterocycles. The van der Waals surface area contributed by atoms with Gasteiger partial charge in [-0.3, -0.25) is 4.79 Å². The Morgan fingerprint density at radius 2 is 1.74 bits per heavy atom. The van der Waals surface area contributed by atoms with Crippen molar-refractivity contribution in [2.24, 2.45) is 0 Å². The first-order valence-corrected chi connectivity index (χ1v) is 8.64. The van der Waals surface area contributed by atoms with Gasteiger partial charge in [0.25, 0.3) is 5.91 Å². The standard InChI is InChI=1S/C21H20F2N2O2/c1-25(13-15-9-11-17(12-10-15)27-21(22)23)14-20(26)24-19-8-4-6-16-5-2-3-7-18(16)19/h2-12,21H,13-14H2,1H3,(H,24,26)/p+1. The number of hydrogen-bond acceptors (Lipinski definition) is 2. The lowest BCUT2D eigenvalue weighted by atomic mass is 10.1. The first kappa shape index (κ1) is 18.8. The Balaban J connectivity index is 1.57. The lowest BCUT2D eigenvalue weighted by molar-refractivity contribution is -0.885. The fraction of sp³-hybridized carbons (Fsp3) is 0.190. The molecule has 27 heavy (non-hydrogen) atoms. The van der Waals surface area contributed by atoms with Gasteiger partial charge < -0.3 is 15.0 Å². The van der Waals surface area contributed by atoms with Crippen LogP contribution < -0.4 is 15.0 Å². The van der Waals surface area contributed by atoms with Crippen molar-refractivity contribution in [1.29, 1.82) is 0 Å². The molecule has 6 heteroatoms. The molecule has 0 aliphatic rings. The molecular weight excluding hydrogens is 350 g/mol. The van der Waals surface area contributed by atoms with Gasteiger partial charge in [-0.1, -0.05) is 36.4 Å². The molecule has 1 amide bonds. The van der Waals surface area contributed by atoms with E-state index in [-0.39, 0.29) is 11.7 Å². The normalized spacial score (nSPS) is 12.1. The van der Waals surface area contributed by atoms with Crippen molar-refractivity contribution in [1.82, 2.24) is 0 Å². The summed E-state index contributed by atoms with van der Waals surface area (Å²) in [6, 6.07) is 20.1. The summed E-state index contributed by atoms with van der Waals surface area (Å²) in [5.74, 6) is 0.0432. The molecule has 0 aliphatic carbocycles. The van der Waals surface area contributed by atoms with E-state index in [9.17, 15) is 13.6 Å². The molecule has 2 N–H and O–H groups in total. The fourth-order valence-electron chi connectivity index (χ4n) is 3.00. The van der Waals surface area contributed by atoms with Gasteiger partial charge in [0.1, 0.15) is 12.3 Å². The van der Waals surface area contributed by atoms with Crippen LogP contribution >= 0.6 is 0 Å². The second-order valence-electron chi connectivity index (χ2n) is 6.41. The molecule has 3 aromatic rings. The number of alkyl halides is 2. The summed E-state index contributed by atoms with van der Waals surface area (Å²) in [4.78, 5) is 13.4. The summed E-state index contributed by atoms with van der Waals surface area (Å²) in [6.45, 7) is -1.95. The molecule has 1 atom stereocenters. The van der Waals surface area contributed by atoms with Gasteiger partial charge in [0.15, 0.2) is 6.54 Å². The Kier molecular flexibility index (Phi) is 5.98. The summed E-state index contributed by atoms with van der Waals surface area (Å²) in [5, 5.41) is 5.04. The monoisotopic (exact) mass is 371 g/mol. The average Bonchev–Trinajstić information content (AvgIpc) is 2.63. The summed E-state index contributed by atoms with van der Waals surface area (Å²) in [6.07, 6.45) is 0. The molecule has 1 unspecified atom stereocenters. The van der Waals surface area contributed by atoms with Crippen molar-refractivity contribution in [3.8, 4) is 5.75 Å². The second kappa shape index (κ2) is 8.60. The van der Waals surface area contributed by atoms with E-state index >= 15 is 0 Å². The number of benzene rings is 3. The second-order valence-corrected chi connectivity index (χ2v) is 6.41. The van der Waals surface area contributed by atoms with Crippen LogP contribution in [-0.4, -0.2) is 26.1 Å². The molecule has 0 aromatic heterocycles. The summed E-state index contributed by atoms with van der Waals surface area (Å²) < 4.78 is 28.7. The van der Waals surface area contributed by atoms with E-state index in [1.165, 1.54) is 12.1 Å². The van der Waals surface area contributed by atoms with E-state index in [2.05, 4.69) is 10.1 Å². The van der Waals surface area contributed by atoms with Gasteiger partial charge in [-0.05, 0) is 35.7 Å². The molecular formula is C21H21F2N2O2+. The first-order valence-electron chi connectivity index (χ1n) is 8.64. The summed E-state index contributed by atoms with van der Waals surface area (Å²) >= 11 is 0. The van der Waals surface area contributed by atoms with Crippen LogP contribution in [0.3, 0.4) is 0 Å². The maximum Gasteiger partial charge on any atom is 0.387 e. The highest BCUT2D eigenvalue weighted by molar-refractivity contribution is 6.02. The van der Waals surface area contributed by atoms with Gasteiger partial charge in [-0.25, -0.2) is 0 Å². The van der Waals surface area contributed by atoms with E-state index in [0.29, 0.717) is 13.1 Å². The maximum absolute atomic E-state index is 12.4. The molecule has 0 fully saturated rings. The molecule has 3 aromatic carbocycles. The number of quaternary nitrogens is 1. The van der Waals surface area contributed by atoms with Crippen molar-refractivity contribution in [2.75, 3.05) is 18.9 Å². The summed E-state index contributed by atoms with van der Waals surface area (Å²) in [5.41, 5.74) is 1.73. The third-order valence-corrected chi connectivity index (χ3v) is 4.18. The third-order valence-electron chi connectivity index (χ3n) is 4.18. The summed E-state index contributed by atoms with van der Waals surface area (Å²) in [7, 11) is 1.91. The van der Waals surface area contributed by atoms with Gasteiger partial charge in [0, 0.05) is 16.6 Å². The van der Waals surface area contributed by atoms with Crippen LogP contribution in [0.15, 0.2) is 66.7 Å².